The number of benzene rings is 2. The van der Waals surface area contributed by atoms with Crippen molar-refractivity contribution in [3.8, 4) is 0 Å². The van der Waals surface area contributed by atoms with E-state index in [1.807, 2.05) is 12.1 Å². The maximum Gasteiger partial charge on any atom is 0.163 e. The summed E-state index contributed by atoms with van der Waals surface area (Å²) in [6, 6.07) is 17.1. The Morgan fingerprint density at radius 3 is 2.10 bits per heavy atom. The van der Waals surface area contributed by atoms with Crippen molar-refractivity contribution in [1.82, 2.24) is 4.57 Å². The molecule has 1 atom stereocenters. The van der Waals surface area contributed by atoms with Gasteiger partial charge in [-0.3, -0.25) is 0 Å². The highest BCUT2D eigenvalue weighted by molar-refractivity contribution is 7.73. The minimum absolute atomic E-state index is 0.236. The Morgan fingerprint density at radius 2 is 1.43 bits per heavy atom. The summed E-state index contributed by atoms with van der Waals surface area (Å²) in [5.41, 5.74) is 10.2. The number of hydrogen-bond acceptors (Lipinski definition) is 3. The first-order valence-corrected chi connectivity index (χ1v) is 12.9. The van der Waals surface area contributed by atoms with Crippen molar-refractivity contribution in [3.05, 3.63) is 63.6 Å². The van der Waals surface area contributed by atoms with Gasteiger partial charge in [-0.15, -0.1) is 11.3 Å². The van der Waals surface area contributed by atoms with Crippen LogP contribution in [0.4, 0.5) is 0 Å². The summed E-state index contributed by atoms with van der Waals surface area (Å²) in [6.45, 7) is 2.28. The van der Waals surface area contributed by atoms with Crippen molar-refractivity contribution < 1.29 is 0 Å². The molecule has 2 aromatic carbocycles. The summed E-state index contributed by atoms with van der Waals surface area (Å²) in [5.74, 6) is 0. The second-order valence-corrected chi connectivity index (χ2v) is 10.00. The number of aryl methyl sites for hydroxylation is 1. The van der Waals surface area contributed by atoms with Crippen molar-refractivity contribution in [3.63, 3.8) is 0 Å². The van der Waals surface area contributed by atoms with Gasteiger partial charge in [0.2, 0.25) is 0 Å². The van der Waals surface area contributed by atoms with Crippen molar-refractivity contribution in [2.75, 3.05) is 0 Å². The molecule has 3 rings (SSSR count). The normalized spacial score (nSPS) is 12.5. The lowest BCUT2D eigenvalue weighted by Crippen LogP contribution is -2.19. The molecule has 0 saturated carbocycles. The lowest BCUT2D eigenvalue weighted by molar-refractivity contribution is 0.556. The summed E-state index contributed by atoms with van der Waals surface area (Å²) >= 11 is 7.21. The van der Waals surface area contributed by atoms with Gasteiger partial charge in [0.05, 0.1) is 10.2 Å². The molecule has 0 aliphatic carbocycles. The van der Waals surface area contributed by atoms with E-state index in [9.17, 15) is 0 Å². The van der Waals surface area contributed by atoms with Crippen LogP contribution >= 0.6 is 23.6 Å². The zero-order valence-corrected chi connectivity index (χ0v) is 19.9. The van der Waals surface area contributed by atoms with E-state index in [0.29, 0.717) is 0 Å². The third-order valence-electron chi connectivity index (χ3n) is 5.94. The van der Waals surface area contributed by atoms with Gasteiger partial charge in [-0.25, -0.2) is 0 Å². The first-order valence-electron chi connectivity index (χ1n) is 11.6. The number of nitrogens with zero attached hydrogens (tertiary/aromatic N) is 1. The molecule has 0 aliphatic rings. The Hall–Kier alpha value is -1.49. The van der Waals surface area contributed by atoms with E-state index >= 15 is 0 Å². The maximum atomic E-state index is 6.59. The number of hydrogen-bond donors (Lipinski definition) is 1. The van der Waals surface area contributed by atoms with Crippen molar-refractivity contribution in [1.29, 1.82) is 0 Å². The zero-order valence-electron chi connectivity index (χ0n) is 18.3. The average Bonchev–Trinajstić information content (AvgIpc) is 3.10. The first-order chi connectivity index (χ1) is 14.7. The third-order valence-corrected chi connectivity index (χ3v) is 7.32. The van der Waals surface area contributed by atoms with Crippen LogP contribution in [0.3, 0.4) is 0 Å². The van der Waals surface area contributed by atoms with Crippen LogP contribution in [0.25, 0.3) is 10.2 Å². The Morgan fingerprint density at radius 1 is 0.833 bits per heavy atom. The molecule has 0 bridgehead atoms. The molecule has 2 nitrogen and oxygen atoms in total. The molecule has 0 radical (unpaired) electrons. The molecule has 1 heterocycles. The van der Waals surface area contributed by atoms with Crippen molar-refractivity contribution in [2.45, 2.75) is 83.7 Å². The molecule has 2 N–H and O–H groups in total. The quantitative estimate of drug-likeness (QED) is 0.214. The highest BCUT2D eigenvalue weighted by Crippen LogP contribution is 2.27. The number of thiazole rings is 1. The summed E-state index contributed by atoms with van der Waals surface area (Å²) in [7, 11) is 0. The molecule has 0 amide bonds. The van der Waals surface area contributed by atoms with Crippen LogP contribution in [0.5, 0.6) is 0 Å². The number of para-hydroxylation sites is 1. The van der Waals surface area contributed by atoms with Gasteiger partial charge in [0.15, 0.2) is 3.95 Å². The second-order valence-electron chi connectivity index (χ2n) is 8.32. The van der Waals surface area contributed by atoms with Gasteiger partial charge < -0.3 is 10.3 Å². The number of nitrogens with two attached hydrogens (primary N) is 1. The Balaban J connectivity index is 1.43. The lowest BCUT2D eigenvalue weighted by atomic mass is 10.0. The van der Waals surface area contributed by atoms with Crippen molar-refractivity contribution >= 4 is 33.8 Å². The van der Waals surface area contributed by atoms with Crippen LogP contribution in [0, 0.1) is 3.95 Å². The fourth-order valence-electron chi connectivity index (χ4n) is 4.09. The van der Waals surface area contributed by atoms with E-state index in [0.717, 1.165) is 21.5 Å². The van der Waals surface area contributed by atoms with E-state index in [-0.39, 0.29) is 6.17 Å². The predicted molar refractivity (Wildman–Crippen MR) is 135 cm³/mol. The van der Waals surface area contributed by atoms with Crippen LogP contribution in [0.2, 0.25) is 0 Å². The largest absolute Gasteiger partial charge is 0.307 e. The van der Waals surface area contributed by atoms with Crippen LogP contribution < -0.4 is 5.73 Å². The second kappa shape index (κ2) is 12.4. The molecule has 162 valence electrons. The number of rotatable bonds is 13. The van der Waals surface area contributed by atoms with Crippen molar-refractivity contribution in [2.24, 2.45) is 5.73 Å². The molecule has 0 fully saturated rings. The van der Waals surface area contributed by atoms with Gasteiger partial charge in [0, 0.05) is 0 Å². The van der Waals surface area contributed by atoms with E-state index in [1.54, 1.807) is 11.3 Å². The topological polar surface area (TPSA) is 30.9 Å². The lowest BCUT2D eigenvalue weighted by Gasteiger charge is -2.16. The van der Waals surface area contributed by atoms with Gasteiger partial charge in [-0.1, -0.05) is 101 Å². The smallest absolute Gasteiger partial charge is 0.163 e. The molecule has 4 heteroatoms. The van der Waals surface area contributed by atoms with E-state index in [2.05, 4.69) is 47.9 Å². The fourth-order valence-corrected chi connectivity index (χ4v) is 5.49. The first kappa shape index (κ1) is 23.2. The number of fused-ring (bicyclic) bond motifs is 1. The molecular weight excluding hydrogens is 404 g/mol. The van der Waals surface area contributed by atoms with E-state index in [1.165, 1.54) is 74.5 Å². The highest BCUT2D eigenvalue weighted by atomic mass is 32.1. The van der Waals surface area contributed by atoms with Crippen LogP contribution in [-0.2, 0) is 6.42 Å². The zero-order chi connectivity index (χ0) is 21.2. The van der Waals surface area contributed by atoms with Gasteiger partial charge >= 0.3 is 0 Å². The van der Waals surface area contributed by atoms with Crippen LogP contribution in [0.1, 0.15) is 88.4 Å². The minimum Gasteiger partial charge on any atom is -0.307 e. The standard InChI is InChI=1S/C26H36N2S2/c1-2-3-4-5-6-7-8-9-10-11-14-21-17-19-22(20-18-21)25(27)28-23-15-12-13-16-24(23)30-26(28)29/h12-13,15-20,25H,2-11,14,27H2,1H3. The number of unbranched alkanes of at least 4 members (excludes halogenated alkanes) is 9. The fraction of sp³-hybridized carbons (Fsp3) is 0.500. The Bertz CT molecular complexity index is 940. The average molecular weight is 441 g/mol. The summed E-state index contributed by atoms with van der Waals surface area (Å²) in [5, 5.41) is 0. The summed E-state index contributed by atoms with van der Waals surface area (Å²) in [4.78, 5) is 0. The molecule has 0 spiro atoms. The van der Waals surface area contributed by atoms with Gasteiger partial charge in [-0.2, -0.15) is 0 Å². The van der Waals surface area contributed by atoms with Gasteiger partial charge in [0.25, 0.3) is 0 Å². The Kier molecular flexibility index (Phi) is 9.57. The Labute approximate surface area is 191 Å². The van der Waals surface area contributed by atoms with Crippen LogP contribution in [0.15, 0.2) is 48.5 Å². The van der Waals surface area contributed by atoms with Gasteiger partial charge in [-0.05, 0) is 48.3 Å². The molecule has 1 aromatic heterocycles. The minimum atomic E-state index is -0.236. The molecule has 0 aliphatic heterocycles. The summed E-state index contributed by atoms with van der Waals surface area (Å²) in [6.07, 6.45) is 14.7. The number of aromatic nitrogens is 1. The SMILES string of the molecule is CCCCCCCCCCCCc1ccc(C(N)n2c(=S)sc3ccccc32)cc1. The molecular formula is C26H36N2S2. The van der Waals surface area contributed by atoms with Gasteiger partial charge in [0.1, 0.15) is 6.17 Å². The molecule has 30 heavy (non-hydrogen) atoms. The maximum absolute atomic E-state index is 6.59. The molecule has 0 saturated heterocycles. The van der Waals surface area contributed by atoms with Crippen LogP contribution in [-0.4, -0.2) is 4.57 Å². The van der Waals surface area contributed by atoms with E-state index in [4.69, 9.17) is 18.0 Å². The monoisotopic (exact) mass is 440 g/mol. The third kappa shape index (κ3) is 6.50. The molecule has 3 aromatic rings. The highest BCUT2D eigenvalue weighted by Gasteiger charge is 2.13. The molecule has 1 unspecified atom stereocenters. The summed E-state index contributed by atoms with van der Waals surface area (Å²) < 4.78 is 4.10. The van der Waals surface area contributed by atoms with E-state index < -0.39 is 0 Å². The predicted octanol–water partition coefficient (Wildman–Crippen LogP) is 8.40.